The van der Waals surface area contributed by atoms with E-state index in [0.29, 0.717) is 11.5 Å². The maximum atomic E-state index is 3.34. The van der Waals surface area contributed by atoms with Crippen molar-refractivity contribution >= 4 is 11.8 Å². The van der Waals surface area contributed by atoms with E-state index in [1.165, 1.54) is 25.1 Å². The first kappa shape index (κ1) is 16.3. The molecule has 0 saturated carbocycles. The molecule has 0 saturated heterocycles. The molecule has 0 aromatic heterocycles. The van der Waals surface area contributed by atoms with Gasteiger partial charge in [-0.2, -0.15) is 11.8 Å². The van der Waals surface area contributed by atoms with Gasteiger partial charge in [-0.1, -0.05) is 20.3 Å². The summed E-state index contributed by atoms with van der Waals surface area (Å²) >= 11 is 1.93. The van der Waals surface area contributed by atoms with E-state index in [1.54, 1.807) is 0 Å². The minimum Gasteiger partial charge on any atom is -0.319 e. The lowest BCUT2D eigenvalue weighted by molar-refractivity contribution is 0.152. The van der Waals surface area contributed by atoms with Crippen LogP contribution in [0.5, 0.6) is 0 Å². The predicted octanol–water partition coefficient (Wildman–Crippen LogP) is 2.70. The highest BCUT2D eigenvalue weighted by Crippen LogP contribution is 2.24. The van der Waals surface area contributed by atoms with Gasteiger partial charge < -0.3 is 10.2 Å². The normalized spacial score (nSPS) is 17.4. The van der Waals surface area contributed by atoms with Gasteiger partial charge in [0.05, 0.1) is 0 Å². The largest absolute Gasteiger partial charge is 0.319 e. The predicted molar refractivity (Wildman–Crippen MR) is 77.4 cm³/mol. The first-order valence-electron chi connectivity index (χ1n) is 6.33. The van der Waals surface area contributed by atoms with Crippen LogP contribution in [0.25, 0.3) is 0 Å². The Hall–Kier alpha value is 0.270. The van der Waals surface area contributed by atoms with Crippen LogP contribution in [0, 0.1) is 5.41 Å². The van der Waals surface area contributed by atoms with Crippen LogP contribution in [0.3, 0.4) is 0 Å². The molecule has 2 atom stereocenters. The Balaban J connectivity index is 4.26. The summed E-state index contributed by atoms with van der Waals surface area (Å²) in [6.45, 7) is 9.29. The second-order valence-corrected chi connectivity index (χ2v) is 6.22. The fourth-order valence-corrected chi connectivity index (χ4v) is 3.12. The van der Waals surface area contributed by atoms with E-state index in [0.717, 1.165) is 6.54 Å². The molecular formula is C13H30N2S. The van der Waals surface area contributed by atoms with Crippen molar-refractivity contribution in [3.8, 4) is 0 Å². The number of hydrogen-bond acceptors (Lipinski definition) is 3. The first-order valence-corrected chi connectivity index (χ1v) is 7.72. The maximum Gasteiger partial charge on any atom is 0.0155 e. The van der Waals surface area contributed by atoms with Gasteiger partial charge >= 0.3 is 0 Å². The quantitative estimate of drug-likeness (QED) is 0.673. The molecule has 2 nitrogen and oxygen atoms in total. The Morgan fingerprint density at radius 3 is 2.50 bits per heavy atom. The van der Waals surface area contributed by atoms with E-state index in [-0.39, 0.29) is 0 Å². The summed E-state index contributed by atoms with van der Waals surface area (Å²) < 4.78 is 0. The lowest BCUT2D eigenvalue weighted by atomic mass is 9.84. The van der Waals surface area contributed by atoms with Crippen LogP contribution in [0.4, 0.5) is 0 Å². The zero-order valence-electron chi connectivity index (χ0n) is 12.0. The number of nitrogens with zero attached hydrogens (tertiary/aromatic N) is 1. The number of hydrogen-bond donors (Lipinski definition) is 1. The third-order valence-electron chi connectivity index (χ3n) is 3.25. The topological polar surface area (TPSA) is 15.3 Å². The van der Waals surface area contributed by atoms with Crippen LogP contribution in [0.2, 0.25) is 0 Å². The Bertz CT molecular complexity index is 167. The SMILES string of the molecule is CCCC(C)(CNC)CN(C)C(C)CSC. The molecule has 2 unspecified atom stereocenters. The fraction of sp³-hybridized carbons (Fsp3) is 1.00. The molecule has 0 aromatic carbocycles. The summed E-state index contributed by atoms with van der Waals surface area (Å²) in [6.07, 6.45) is 4.75. The van der Waals surface area contributed by atoms with Crippen molar-refractivity contribution in [3.05, 3.63) is 0 Å². The van der Waals surface area contributed by atoms with Gasteiger partial charge in [0.15, 0.2) is 0 Å². The molecule has 0 rings (SSSR count). The molecule has 0 aliphatic rings. The highest BCUT2D eigenvalue weighted by Gasteiger charge is 2.25. The lowest BCUT2D eigenvalue weighted by Crippen LogP contribution is -2.43. The van der Waals surface area contributed by atoms with Crippen LogP contribution in [-0.2, 0) is 0 Å². The van der Waals surface area contributed by atoms with Crippen LogP contribution >= 0.6 is 11.8 Å². The molecule has 0 aromatic rings. The lowest BCUT2D eigenvalue weighted by Gasteiger charge is -2.36. The van der Waals surface area contributed by atoms with E-state index in [4.69, 9.17) is 0 Å². The Labute approximate surface area is 107 Å². The molecule has 0 spiro atoms. The van der Waals surface area contributed by atoms with Gasteiger partial charge in [0, 0.05) is 24.9 Å². The van der Waals surface area contributed by atoms with Crippen molar-refractivity contribution in [2.75, 3.05) is 39.2 Å². The number of thioether (sulfide) groups is 1. The maximum absolute atomic E-state index is 3.34. The van der Waals surface area contributed by atoms with Gasteiger partial charge in [0.2, 0.25) is 0 Å². The summed E-state index contributed by atoms with van der Waals surface area (Å²) in [5.41, 5.74) is 0.408. The minimum absolute atomic E-state index is 0.408. The molecule has 3 heteroatoms. The summed E-state index contributed by atoms with van der Waals surface area (Å²) in [4.78, 5) is 2.50. The van der Waals surface area contributed by atoms with Crippen molar-refractivity contribution in [1.29, 1.82) is 0 Å². The standard InChI is InChI=1S/C13H30N2S/c1-7-8-13(3,10-14-4)11-15(5)12(2)9-16-6/h12,14H,7-11H2,1-6H3. The summed E-state index contributed by atoms with van der Waals surface area (Å²) in [5, 5.41) is 3.34. The zero-order valence-corrected chi connectivity index (χ0v) is 12.8. The molecular weight excluding hydrogens is 216 g/mol. The van der Waals surface area contributed by atoms with Gasteiger partial charge in [-0.3, -0.25) is 0 Å². The zero-order chi connectivity index (χ0) is 12.6. The Morgan fingerprint density at radius 2 is 2.06 bits per heavy atom. The Morgan fingerprint density at radius 1 is 1.44 bits per heavy atom. The van der Waals surface area contributed by atoms with Crippen molar-refractivity contribution in [3.63, 3.8) is 0 Å². The molecule has 0 amide bonds. The molecule has 1 N–H and O–H groups in total. The van der Waals surface area contributed by atoms with Crippen LogP contribution in [0.1, 0.15) is 33.6 Å². The molecule has 0 radical (unpaired) electrons. The molecule has 98 valence electrons. The monoisotopic (exact) mass is 246 g/mol. The molecule has 0 aliphatic carbocycles. The number of nitrogens with one attached hydrogen (secondary N) is 1. The van der Waals surface area contributed by atoms with Crippen molar-refractivity contribution < 1.29 is 0 Å². The second-order valence-electron chi connectivity index (χ2n) is 5.31. The highest BCUT2D eigenvalue weighted by molar-refractivity contribution is 7.98. The molecule has 16 heavy (non-hydrogen) atoms. The van der Waals surface area contributed by atoms with Gasteiger partial charge in [0.25, 0.3) is 0 Å². The molecule has 0 aliphatic heterocycles. The Kier molecular flexibility index (Phi) is 8.52. The van der Waals surface area contributed by atoms with Crippen molar-refractivity contribution in [2.24, 2.45) is 5.41 Å². The van der Waals surface area contributed by atoms with Crippen LogP contribution in [-0.4, -0.2) is 50.1 Å². The number of rotatable bonds is 9. The average molecular weight is 246 g/mol. The minimum atomic E-state index is 0.408. The van der Waals surface area contributed by atoms with Gasteiger partial charge in [0.1, 0.15) is 0 Å². The van der Waals surface area contributed by atoms with Gasteiger partial charge in [-0.25, -0.2) is 0 Å². The van der Waals surface area contributed by atoms with Gasteiger partial charge in [-0.05, 0) is 39.1 Å². The molecule has 0 heterocycles. The van der Waals surface area contributed by atoms with E-state index in [1.807, 2.05) is 11.8 Å². The van der Waals surface area contributed by atoms with E-state index in [9.17, 15) is 0 Å². The van der Waals surface area contributed by atoms with E-state index in [2.05, 4.69) is 51.3 Å². The molecule has 0 bridgehead atoms. The third-order valence-corrected chi connectivity index (χ3v) is 4.06. The van der Waals surface area contributed by atoms with Gasteiger partial charge in [-0.15, -0.1) is 0 Å². The second kappa shape index (κ2) is 8.37. The highest BCUT2D eigenvalue weighted by atomic mass is 32.2. The molecule has 0 fully saturated rings. The summed E-state index contributed by atoms with van der Waals surface area (Å²) in [5.74, 6) is 1.22. The van der Waals surface area contributed by atoms with Crippen molar-refractivity contribution in [2.45, 2.75) is 39.7 Å². The van der Waals surface area contributed by atoms with Crippen LogP contribution in [0.15, 0.2) is 0 Å². The fourth-order valence-electron chi connectivity index (χ4n) is 2.38. The first-order chi connectivity index (χ1) is 7.49. The smallest absolute Gasteiger partial charge is 0.0155 e. The summed E-state index contributed by atoms with van der Waals surface area (Å²) in [7, 11) is 4.31. The van der Waals surface area contributed by atoms with E-state index < -0.39 is 0 Å². The average Bonchev–Trinajstić information content (AvgIpc) is 2.18. The summed E-state index contributed by atoms with van der Waals surface area (Å²) in [6, 6.07) is 0.669. The van der Waals surface area contributed by atoms with Crippen molar-refractivity contribution in [1.82, 2.24) is 10.2 Å². The third kappa shape index (κ3) is 6.12. The van der Waals surface area contributed by atoms with E-state index >= 15 is 0 Å². The van der Waals surface area contributed by atoms with Crippen LogP contribution < -0.4 is 5.32 Å².